The fraction of sp³-hybridized carbons (Fsp3) is 0.0556. The first-order chi connectivity index (χ1) is 12.2. The number of nitrogens with zero attached hydrogens (tertiary/aromatic N) is 3. The highest BCUT2D eigenvalue weighted by molar-refractivity contribution is 7.15. The summed E-state index contributed by atoms with van der Waals surface area (Å²) in [6.07, 6.45) is 5.52. The summed E-state index contributed by atoms with van der Waals surface area (Å²) in [7, 11) is 0. The van der Waals surface area contributed by atoms with Crippen molar-refractivity contribution >= 4 is 39.5 Å². The Kier molecular flexibility index (Phi) is 4.21. The first-order valence-corrected chi connectivity index (χ1v) is 8.86. The molecule has 4 rings (SSSR count). The Balaban J connectivity index is 1.56. The smallest absolute Gasteiger partial charge is 0.230 e. The second kappa shape index (κ2) is 6.66. The van der Waals surface area contributed by atoms with Crippen LogP contribution in [0.15, 0.2) is 60.4 Å². The number of halogens is 1. The molecule has 1 aromatic carbocycles. The van der Waals surface area contributed by atoms with Crippen LogP contribution in [0.5, 0.6) is 0 Å². The van der Waals surface area contributed by atoms with Gasteiger partial charge in [-0.3, -0.25) is 14.2 Å². The highest BCUT2D eigenvalue weighted by atomic mass is 35.5. The minimum absolute atomic E-state index is 0.0763. The number of hydrogen-bond donors (Lipinski definition) is 1. The molecule has 0 atom stereocenters. The van der Waals surface area contributed by atoms with Gasteiger partial charge in [0, 0.05) is 45.9 Å². The first-order valence-electron chi connectivity index (χ1n) is 7.60. The monoisotopic (exact) mass is 368 g/mol. The van der Waals surface area contributed by atoms with Crippen molar-refractivity contribution in [3.8, 4) is 11.3 Å². The van der Waals surface area contributed by atoms with Crippen molar-refractivity contribution in [1.29, 1.82) is 0 Å². The molecule has 0 aliphatic heterocycles. The molecule has 3 heterocycles. The maximum Gasteiger partial charge on any atom is 0.230 e. The average molecular weight is 369 g/mol. The van der Waals surface area contributed by atoms with Crippen molar-refractivity contribution in [2.45, 2.75) is 6.42 Å². The van der Waals surface area contributed by atoms with Crippen molar-refractivity contribution in [2.75, 3.05) is 5.32 Å². The molecule has 3 aromatic heterocycles. The van der Waals surface area contributed by atoms with Crippen LogP contribution in [0.4, 0.5) is 5.69 Å². The number of hydrogen-bond acceptors (Lipinski definition) is 4. The highest BCUT2D eigenvalue weighted by Gasteiger charge is 2.12. The molecule has 0 aliphatic rings. The van der Waals surface area contributed by atoms with Crippen molar-refractivity contribution < 1.29 is 4.79 Å². The maximum absolute atomic E-state index is 12.3. The van der Waals surface area contributed by atoms with E-state index in [0.717, 1.165) is 27.6 Å². The van der Waals surface area contributed by atoms with Crippen LogP contribution in [0.25, 0.3) is 16.2 Å². The Labute approximate surface area is 152 Å². The number of benzene rings is 1. The Morgan fingerprint density at radius 3 is 2.68 bits per heavy atom. The molecule has 0 aliphatic carbocycles. The zero-order valence-corrected chi connectivity index (χ0v) is 14.6. The van der Waals surface area contributed by atoms with Gasteiger partial charge in [0.05, 0.1) is 12.1 Å². The number of carbonyl (C=O) groups is 1. The number of rotatable bonds is 4. The summed E-state index contributed by atoms with van der Waals surface area (Å²) >= 11 is 7.45. The number of thiazole rings is 1. The van der Waals surface area contributed by atoms with Crippen LogP contribution in [-0.2, 0) is 11.2 Å². The molecule has 1 N–H and O–H groups in total. The summed E-state index contributed by atoms with van der Waals surface area (Å²) in [4.78, 5) is 21.7. The first kappa shape index (κ1) is 15.8. The van der Waals surface area contributed by atoms with E-state index in [1.165, 1.54) is 11.3 Å². The van der Waals surface area contributed by atoms with Gasteiger partial charge in [-0.2, -0.15) is 0 Å². The lowest BCUT2D eigenvalue weighted by Gasteiger charge is -2.04. The Bertz CT molecular complexity index is 1020. The number of pyridine rings is 1. The van der Waals surface area contributed by atoms with E-state index in [4.69, 9.17) is 11.6 Å². The summed E-state index contributed by atoms with van der Waals surface area (Å²) in [5.41, 5.74) is 3.49. The molecule has 0 fully saturated rings. The van der Waals surface area contributed by atoms with Gasteiger partial charge in [-0.15, -0.1) is 11.3 Å². The zero-order valence-electron chi connectivity index (χ0n) is 13.0. The summed E-state index contributed by atoms with van der Waals surface area (Å²) in [5.74, 6) is -0.0763. The molecule has 124 valence electrons. The van der Waals surface area contributed by atoms with Crippen molar-refractivity contribution in [2.24, 2.45) is 0 Å². The third-order valence-corrected chi connectivity index (χ3v) is 4.87. The van der Waals surface area contributed by atoms with Crippen molar-refractivity contribution in [3.05, 3.63) is 71.1 Å². The van der Waals surface area contributed by atoms with Crippen LogP contribution in [-0.4, -0.2) is 20.3 Å². The number of aromatic nitrogens is 3. The number of anilines is 1. The average Bonchev–Trinajstić information content (AvgIpc) is 3.18. The van der Waals surface area contributed by atoms with Crippen LogP contribution in [0.1, 0.15) is 5.69 Å². The molecule has 0 spiro atoms. The second-order valence-electron chi connectivity index (χ2n) is 5.47. The summed E-state index contributed by atoms with van der Waals surface area (Å²) in [6.45, 7) is 0. The minimum atomic E-state index is -0.0763. The van der Waals surface area contributed by atoms with Gasteiger partial charge < -0.3 is 5.32 Å². The zero-order chi connectivity index (χ0) is 17.2. The van der Waals surface area contributed by atoms with Crippen LogP contribution in [0, 0.1) is 0 Å². The summed E-state index contributed by atoms with van der Waals surface area (Å²) in [5, 5.41) is 5.52. The number of nitrogens with one attached hydrogen (secondary N) is 1. The largest absolute Gasteiger partial charge is 0.326 e. The quantitative estimate of drug-likeness (QED) is 0.584. The molecule has 0 radical (unpaired) electrons. The third kappa shape index (κ3) is 3.40. The van der Waals surface area contributed by atoms with Gasteiger partial charge in [0.15, 0.2) is 4.96 Å². The molecule has 4 aromatic rings. The van der Waals surface area contributed by atoms with Crippen LogP contribution >= 0.6 is 22.9 Å². The molecule has 7 heteroatoms. The molecule has 25 heavy (non-hydrogen) atoms. The number of fused-ring (bicyclic) bond motifs is 1. The van der Waals surface area contributed by atoms with Crippen LogP contribution in [0.2, 0.25) is 5.02 Å². The van der Waals surface area contributed by atoms with Crippen LogP contribution < -0.4 is 5.32 Å². The van der Waals surface area contributed by atoms with Gasteiger partial charge in [0.25, 0.3) is 0 Å². The molecule has 1 amide bonds. The minimum Gasteiger partial charge on any atom is -0.326 e. The van der Waals surface area contributed by atoms with Crippen molar-refractivity contribution in [1.82, 2.24) is 14.4 Å². The lowest BCUT2D eigenvalue weighted by atomic mass is 10.2. The van der Waals surface area contributed by atoms with E-state index >= 15 is 0 Å². The lowest BCUT2D eigenvalue weighted by molar-refractivity contribution is -0.115. The fourth-order valence-corrected chi connectivity index (χ4v) is 3.52. The fourth-order valence-electron chi connectivity index (χ4n) is 2.52. The SMILES string of the molecule is O=C(Cc1csc2nc(-c3ccc(Cl)cc3)cn12)Nc1ccncc1. The molecular weight excluding hydrogens is 356 g/mol. The molecule has 0 bridgehead atoms. The standard InChI is InChI=1S/C18H13ClN4OS/c19-13-3-1-12(2-4-13)16-10-23-15(11-25-18(23)22-16)9-17(24)21-14-5-7-20-8-6-14/h1-8,10-11H,9H2,(H,20,21,24). The van der Waals surface area contributed by atoms with E-state index < -0.39 is 0 Å². The summed E-state index contributed by atoms with van der Waals surface area (Å²) < 4.78 is 1.96. The van der Waals surface area contributed by atoms with E-state index in [0.29, 0.717) is 5.02 Å². The van der Waals surface area contributed by atoms with Crippen molar-refractivity contribution in [3.63, 3.8) is 0 Å². The topological polar surface area (TPSA) is 59.3 Å². The Morgan fingerprint density at radius 1 is 1.16 bits per heavy atom. The van der Waals surface area contributed by atoms with Gasteiger partial charge in [-0.05, 0) is 24.3 Å². The normalized spacial score (nSPS) is 10.9. The molecular formula is C18H13ClN4OS. The Hall–Kier alpha value is -2.70. The van der Waals surface area contributed by atoms with E-state index in [1.54, 1.807) is 24.5 Å². The number of amides is 1. The van der Waals surface area contributed by atoms with E-state index in [-0.39, 0.29) is 12.3 Å². The van der Waals surface area contributed by atoms with Crippen LogP contribution in [0.3, 0.4) is 0 Å². The van der Waals surface area contributed by atoms with Gasteiger partial charge in [0.1, 0.15) is 0 Å². The Morgan fingerprint density at radius 2 is 1.92 bits per heavy atom. The number of carbonyl (C=O) groups excluding carboxylic acids is 1. The van der Waals surface area contributed by atoms with E-state index in [2.05, 4.69) is 15.3 Å². The highest BCUT2D eigenvalue weighted by Crippen LogP contribution is 2.25. The predicted octanol–water partition coefficient (Wildman–Crippen LogP) is 4.29. The molecule has 5 nitrogen and oxygen atoms in total. The predicted molar refractivity (Wildman–Crippen MR) is 100 cm³/mol. The lowest BCUT2D eigenvalue weighted by Crippen LogP contribution is -2.15. The van der Waals surface area contributed by atoms with Gasteiger partial charge >= 0.3 is 0 Å². The van der Waals surface area contributed by atoms with E-state index in [9.17, 15) is 4.79 Å². The number of imidazole rings is 1. The van der Waals surface area contributed by atoms with Gasteiger partial charge in [-0.1, -0.05) is 23.7 Å². The van der Waals surface area contributed by atoms with Gasteiger partial charge in [-0.25, -0.2) is 4.98 Å². The molecule has 0 saturated carbocycles. The molecule has 0 unspecified atom stereocenters. The second-order valence-corrected chi connectivity index (χ2v) is 6.75. The van der Waals surface area contributed by atoms with Gasteiger partial charge in [0.2, 0.25) is 5.91 Å². The maximum atomic E-state index is 12.3. The van der Waals surface area contributed by atoms with E-state index in [1.807, 2.05) is 40.2 Å². The summed E-state index contributed by atoms with van der Waals surface area (Å²) in [6, 6.07) is 11.1. The third-order valence-electron chi connectivity index (χ3n) is 3.73. The molecule has 0 saturated heterocycles.